The Morgan fingerprint density at radius 2 is 2.08 bits per heavy atom. The second-order valence-corrected chi connectivity index (χ2v) is 4.73. The van der Waals surface area contributed by atoms with Gasteiger partial charge in [-0.25, -0.2) is 0 Å². The van der Waals surface area contributed by atoms with Crippen molar-refractivity contribution in [1.82, 2.24) is 0 Å². The molecule has 0 saturated heterocycles. The monoisotopic (exact) mass is 202 g/mol. The molecule has 0 amide bonds. The van der Waals surface area contributed by atoms with Gasteiger partial charge < -0.3 is 0 Å². The van der Waals surface area contributed by atoms with Crippen LogP contribution in [0.25, 0.3) is 0 Å². The molecule has 0 aliphatic heterocycles. The average molecular weight is 202 g/mol. The van der Waals surface area contributed by atoms with Crippen molar-refractivity contribution in [3.63, 3.8) is 0 Å². The van der Waals surface area contributed by atoms with Gasteiger partial charge in [-0.05, 0) is 23.8 Å². The van der Waals surface area contributed by atoms with Crippen LogP contribution >= 0.6 is 11.8 Å². The van der Waals surface area contributed by atoms with Crippen molar-refractivity contribution in [3.05, 3.63) is 0 Å². The highest BCUT2D eigenvalue weighted by molar-refractivity contribution is 7.99. The molecule has 1 unspecified atom stereocenters. The lowest BCUT2D eigenvalue weighted by Crippen LogP contribution is -1.99. The molecular weight excluding hydrogens is 180 g/mol. The zero-order valence-electron chi connectivity index (χ0n) is 9.14. The summed E-state index contributed by atoms with van der Waals surface area (Å²) in [5, 5.41) is 0. The maximum atomic E-state index is 11.0. The Labute approximate surface area is 86.7 Å². The Morgan fingerprint density at radius 3 is 2.62 bits per heavy atom. The standard InChI is InChI=1S/C11H22OS/c1-4-10(3)9-13-8-6-7-11(12)5-2/h10H,4-9H2,1-3H3. The minimum absolute atomic E-state index is 0.407. The normalized spacial score (nSPS) is 12.8. The van der Waals surface area contributed by atoms with Gasteiger partial charge in [0.15, 0.2) is 0 Å². The van der Waals surface area contributed by atoms with Gasteiger partial charge in [0.05, 0.1) is 0 Å². The molecule has 0 saturated carbocycles. The third-order valence-corrected chi connectivity index (χ3v) is 3.62. The molecule has 0 rings (SSSR count). The van der Waals surface area contributed by atoms with Gasteiger partial charge in [-0.1, -0.05) is 27.2 Å². The fourth-order valence-corrected chi connectivity index (χ4v) is 2.10. The summed E-state index contributed by atoms with van der Waals surface area (Å²) in [6.45, 7) is 6.45. The van der Waals surface area contributed by atoms with E-state index in [1.54, 1.807) is 0 Å². The average Bonchev–Trinajstić information content (AvgIpc) is 2.16. The van der Waals surface area contributed by atoms with Crippen molar-refractivity contribution in [3.8, 4) is 0 Å². The molecule has 0 aromatic rings. The van der Waals surface area contributed by atoms with E-state index in [-0.39, 0.29) is 0 Å². The van der Waals surface area contributed by atoms with Crippen LogP contribution in [0.5, 0.6) is 0 Å². The van der Waals surface area contributed by atoms with E-state index in [1.807, 2.05) is 18.7 Å². The molecule has 0 aromatic heterocycles. The van der Waals surface area contributed by atoms with Crippen LogP contribution in [0.2, 0.25) is 0 Å². The molecule has 0 aromatic carbocycles. The van der Waals surface area contributed by atoms with E-state index in [0.717, 1.165) is 24.5 Å². The summed E-state index contributed by atoms with van der Waals surface area (Å²) >= 11 is 1.99. The fraction of sp³-hybridized carbons (Fsp3) is 0.909. The van der Waals surface area contributed by atoms with Crippen molar-refractivity contribution >= 4 is 17.5 Å². The predicted octanol–water partition coefficient (Wildman–Crippen LogP) is 3.53. The summed E-state index contributed by atoms with van der Waals surface area (Å²) in [6.07, 6.45) is 3.81. The van der Waals surface area contributed by atoms with E-state index < -0.39 is 0 Å². The first-order valence-corrected chi connectivity index (χ1v) is 6.45. The van der Waals surface area contributed by atoms with Crippen LogP contribution in [0.15, 0.2) is 0 Å². The predicted molar refractivity (Wildman–Crippen MR) is 61.3 cm³/mol. The number of carbonyl (C=O) groups excluding carboxylic acids is 1. The highest BCUT2D eigenvalue weighted by Crippen LogP contribution is 2.13. The number of thioether (sulfide) groups is 1. The van der Waals surface area contributed by atoms with E-state index >= 15 is 0 Å². The summed E-state index contributed by atoms with van der Waals surface area (Å²) in [4.78, 5) is 11.0. The lowest BCUT2D eigenvalue weighted by atomic mass is 10.2. The number of rotatable bonds is 8. The Kier molecular flexibility index (Phi) is 8.62. The van der Waals surface area contributed by atoms with Crippen molar-refractivity contribution in [2.24, 2.45) is 5.92 Å². The van der Waals surface area contributed by atoms with Crippen LogP contribution in [0, 0.1) is 5.92 Å². The zero-order chi connectivity index (χ0) is 10.1. The summed E-state index contributed by atoms with van der Waals surface area (Å²) in [7, 11) is 0. The molecule has 78 valence electrons. The van der Waals surface area contributed by atoms with Crippen LogP contribution in [0.3, 0.4) is 0 Å². The van der Waals surface area contributed by atoms with Crippen LogP contribution in [-0.2, 0) is 4.79 Å². The topological polar surface area (TPSA) is 17.1 Å². The Hall–Kier alpha value is 0.0200. The molecular formula is C11H22OS. The first-order chi connectivity index (χ1) is 6.20. The minimum Gasteiger partial charge on any atom is -0.300 e. The van der Waals surface area contributed by atoms with Gasteiger partial charge in [-0.2, -0.15) is 11.8 Å². The Balaban J connectivity index is 3.12. The summed E-state index contributed by atoms with van der Waals surface area (Å²) in [5.41, 5.74) is 0. The quantitative estimate of drug-likeness (QED) is 0.560. The number of hydrogen-bond acceptors (Lipinski definition) is 2. The molecule has 1 nitrogen and oxygen atoms in total. The van der Waals surface area contributed by atoms with Crippen molar-refractivity contribution in [2.45, 2.75) is 46.5 Å². The third kappa shape index (κ3) is 8.35. The highest BCUT2D eigenvalue weighted by Gasteiger charge is 2.00. The lowest BCUT2D eigenvalue weighted by molar-refractivity contribution is -0.118. The van der Waals surface area contributed by atoms with Crippen molar-refractivity contribution in [1.29, 1.82) is 0 Å². The summed E-state index contributed by atoms with van der Waals surface area (Å²) < 4.78 is 0. The van der Waals surface area contributed by atoms with Crippen LogP contribution in [0.1, 0.15) is 46.5 Å². The second kappa shape index (κ2) is 8.61. The van der Waals surface area contributed by atoms with Gasteiger partial charge in [-0.15, -0.1) is 0 Å². The molecule has 13 heavy (non-hydrogen) atoms. The van der Waals surface area contributed by atoms with Crippen LogP contribution in [0.4, 0.5) is 0 Å². The largest absolute Gasteiger partial charge is 0.300 e. The van der Waals surface area contributed by atoms with Crippen LogP contribution in [-0.4, -0.2) is 17.3 Å². The maximum absolute atomic E-state index is 11.0. The van der Waals surface area contributed by atoms with Crippen molar-refractivity contribution < 1.29 is 4.79 Å². The molecule has 0 fully saturated rings. The number of carbonyl (C=O) groups is 1. The molecule has 0 aliphatic carbocycles. The van der Waals surface area contributed by atoms with Gasteiger partial charge in [-0.3, -0.25) is 4.79 Å². The van der Waals surface area contributed by atoms with E-state index in [1.165, 1.54) is 12.2 Å². The first kappa shape index (κ1) is 13.0. The van der Waals surface area contributed by atoms with Gasteiger partial charge in [0.2, 0.25) is 0 Å². The van der Waals surface area contributed by atoms with Gasteiger partial charge in [0.25, 0.3) is 0 Å². The molecule has 1 atom stereocenters. The molecule has 0 heterocycles. The van der Waals surface area contributed by atoms with E-state index in [9.17, 15) is 4.79 Å². The Morgan fingerprint density at radius 1 is 1.38 bits per heavy atom. The van der Waals surface area contributed by atoms with E-state index in [2.05, 4.69) is 13.8 Å². The van der Waals surface area contributed by atoms with Gasteiger partial charge in [0, 0.05) is 12.8 Å². The number of hydrogen-bond donors (Lipinski definition) is 0. The lowest BCUT2D eigenvalue weighted by Gasteiger charge is -2.06. The second-order valence-electron chi connectivity index (χ2n) is 3.58. The molecule has 0 bridgehead atoms. The summed E-state index contributed by atoms with van der Waals surface area (Å²) in [6, 6.07) is 0. The van der Waals surface area contributed by atoms with E-state index in [4.69, 9.17) is 0 Å². The number of Topliss-reactive ketones (excluding diaryl/α,β-unsaturated/α-hetero) is 1. The molecule has 0 N–H and O–H groups in total. The molecule has 0 radical (unpaired) electrons. The minimum atomic E-state index is 0.407. The molecule has 2 heteroatoms. The van der Waals surface area contributed by atoms with Crippen molar-refractivity contribution in [2.75, 3.05) is 11.5 Å². The molecule has 0 spiro atoms. The first-order valence-electron chi connectivity index (χ1n) is 5.30. The maximum Gasteiger partial charge on any atom is 0.132 e. The summed E-state index contributed by atoms with van der Waals surface area (Å²) in [5.74, 6) is 3.63. The SMILES string of the molecule is CCC(=O)CCCSCC(C)CC. The smallest absolute Gasteiger partial charge is 0.132 e. The van der Waals surface area contributed by atoms with Gasteiger partial charge >= 0.3 is 0 Å². The van der Waals surface area contributed by atoms with Gasteiger partial charge in [0.1, 0.15) is 5.78 Å². The fourth-order valence-electron chi connectivity index (χ4n) is 0.951. The Bertz CT molecular complexity index is 134. The highest BCUT2D eigenvalue weighted by atomic mass is 32.2. The molecule has 0 aliphatic rings. The third-order valence-electron chi connectivity index (χ3n) is 2.24. The van der Waals surface area contributed by atoms with Crippen LogP contribution < -0.4 is 0 Å². The van der Waals surface area contributed by atoms with E-state index in [0.29, 0.717) is 12.2 Å². The number of ketones is 1. The zero-order valence-corrected chi connectivity index (χ0v) is 9.95.